The molecule has 0 fully saturated rings. The Kier molecular flexibility index (Phi) is 5.27. The van der Waals surface area contributed by atoms with Crippen molar-refractivity contribution < 1.29 is 9.53 Å². The minimum Gasteiger partial charge on any atom is -0.492 e. The van der Waals surface area contributed by atoms with E-state index < -0.39 is 0 Å². The quantitative estimate of drug-likeness (QED) is 0.661. The summed E-state index contributed by atoms with van der Waals surface area (Å²) in [6, 6.07) is 8.73. The van der Waals surface area contributed by atoms with Gasteiger partial charge in [-0.25, -0.2) is 4.52 Å². The first kappa shape index (κ1) is 18.0. The molecule has 0 aliphatic heterocycles. The third kappa shape index (κ3) is 4.05. The minimum absolute atomic E-state index is 0.0307. The van der Waals surface area contributed by atoms with Gasteiger partial charge in [-0.05, 0) is 37.3 Å². The van der Waals surface area contributed by atoms with Crippen LogP contribution in [0.15, 0.2) is 47.5 Å². The second-order valence-electron chi connectivity index (χ2n) is 5.96. The van der Waals surface area contributed by atoms with Gasteiger partial charge in [-0.3, -0.25) is 9.59 Å². The average Bonchev–Trinajstić information content (AvgIpc) is 3.00. The Labute approximate surface area is 155 Å². The number of fused-ring (bicyclic) bond motifs is 1. The van der Waals surface area contributed by atoms with Crippen LogP contribution in [0.5, 0.6) is 5.75 Å². The minimum atomic E-state index is -0.243. The predicted octanol–water partition coefficient (Wildman–Crippen LogP) is 2.00. The van der Waals surface area contributed by atoms with Crippen LogP contribution in [-0.4, -0.2) is 45.2 Å². The van der Waals surface area contributed by atoms with Crippen molar-refractivity contribution in [1.82, 2.24) is 19.1 Å². The number of aromatic nitrogens is 3. The second kappa shape index (κ2) is 7.61. The highest BCUT2D eigenvalue weighted by Crippen LogP contribution is 2.15. The summed E-state index contributed by atoms with van der Waals surface area (Å²) in [6.45, 7) is 2.54. The smallest absolute Gasteiger partial charge is 0.277 e. The van der Waals surface area contributed by atoms with Gasteiger partial charge in [0, 0.05) is 24.5 Å². The van der Waals surface area contributed by atoms with Crippen molar-refractivity contribution in [3.8, 4) is 5.75 Å². The summed E-state index contributed by atoms with van der Waals surface area (Å²) in [5.74, 6) is 0.514. The summed E-state index contributed by atoms with van der Waals surface area (Å²) < 4.78 is 8.48. The molecule has 1 amide bonds. The van der Waals surface area contributed by atoms with Crippen molar-refractivity contribution in [2.75, 3.05) is 20.2 Å². The number of halogens is 1. The number of nitrogens with zero attached hydrogens (tertiary/aromatic N) is 4. The molecule has 0 radical (unpaired) electrons. The largest absolute Gasteiger partial charge is 0.492 e. The van der Waals surface area contributed by atoms with E-state index in [4.69, 9.17) is 16.3 Å². The van der Waals surface area contributed by atoms with E-state index in [-0.39, 0.29) is 18.0 Å². The van der Waals surface area contributed by atoms with Gasteiger partial charge in [-0.2, -0.15) is 5.10 Å². The van der Waals surface area contributed by atoms with Crippen molar-refractivity contribution in [2.24, 2.45) is 0 Å². The lowest BCUT2D eigenvalue weighted by molar-refractivity contribution is -0.130. The zero-order chi connectivity index (χ0) is 18.7. The molecule has 0 aliphatic carbocycles. The van der Waals surface area contributed by atoms with Gasteiger partial charge < -0.3 is 14.2 Å². The number of benzene rings is 1. The lowest BCUT2D eigenvalue weighted by Gasteiger charge is -2.18. The molecular formula is C18H19ClN4O3. The number of ether oxygens (including phenoxy) is 1. The van der Waals surface area contributed by atoms with E-state index in [1.165, 1.54) is 14.0 Å². The maximum Gasteiger partial charge on any atom is 0.277 e. The van der Waals surface area contributed by atoms with Gasteiger partial charge in [-0.1, -0.05) is 11.6 Å². The number of carbonyl (C=O) groups excluding carboxylic acids is 1. The van der Waals surface area contributed by atoms with E-state index in [0.29, 0.717) is 29.4 Å². The van der Waals surface area contributed by atoms with Crippen LogP contribution >= 0.6 is 11.6 Å². The van der Waals surface area contributed by atoms with Crippen molar-refractivity contribution in [3.63, 3.8) is 0 Å². The number of aryl methyl sites for hydroxylation is 1. The molecule has 1 aromatic carbocycles. The molecule has 0 N–H and O–H groups in total. The van der Waals surface area contributed by atoms with Gasteiger partial charge in [0.25, 0.3) is 5.56 Å². The van der Waals surface area contributed by atoms with Crippen molar-refractivity contribution in [2.45, 2.75) is 13.5 Å². The van der Waals surface area contributed by atoms with Gasteiger partial charge in [0.1, 0.15) is 24.4 Å². The molecule has 0 bridgehead atoms. The average molecular weight is 375 g/mol. The molecule has 26 heavy (non-hydrogen) atoms. The van der Waals surface area contributed by atoms with Crippen LogP contribution in [0.3, 0.4) is 0 Å². The number of amides is 1. The molecule has 0 unspecified atom stereocenters. The summed E-state index contributed by atoms with van der Waals surface area (Å²) in [7, 11) is 1.68. The first-order chi connectivity index (χ1) is 12.4. The van der Waals surface area contributed by atoms with Crippen molar-refractivity contribution in [1.29, 1.82) is 0 Å². The van der Waals surface area contributed by atoms with Gasteiger partial charge in [-0.15, -0.1) is 0 Å². The molecule has 2 aromatic heterocycles. The Bertz CT molecular complexity index is 978. The molecule has 0 atom stereocenters. The maximum absolute atomic E-state index is 12.4. The summed E-state index contributed by atoms with van der Waals surface area (Å²) in [5, 5.41) is 4.83. The molecule has 3 aromatic rings. The Hall–Kier alpha value is -2.80. The molecule has 0 saturated carbocycles. The molecule has 136 valence electrons. The summed E-state index contributed by atoms with van der Waals surface area (Å²) in [6.07, 6.45) is 3.23. The van der Waals surface area contributed by atoms with E-state index >= 15 is 0 Å². The first-order valence-corrected chi connectivity index (χ1v) is 8.49. The highest BCUT2D eigenvalue weighted by molar-refractivity contribution is 6.30. The molecular weight excluding hydrogens is 356 g/mol. The van der Waals surface area contributed by atoms with E-state index in [0.717, 1.165) is 5.69 Å². The fourth-order valence-electron chi connectivity index (χ4n) is 2.50. The van der Waals surface area contributed by atoms with Gasteiger partial charge in [0.15, 0.2) is 0 Å². The number of hydrogen-bond donors (Lipinski definition) is 0. The maximum atomic E-state index is 12.4. The molecule has 3 rings (SSSR count). The third-order valence-corrected chi connectivity index (χ3v) is 4.22. The Balaban J connectivity index is 1.58. The highest BCUT2D eigenvalue weighted by Gasteiger charge is 2.12. The summed E-state index contributed by atoms with van der Waals surface area (Å²) in [4.78, 5) is 26.3. The molecule has 2 heterocycles. The summed E-state index contributed by atoms with van der Waals surface area (Å²) in [5.41, 5.74) is 0.960. The molecule has 0 spiro atoms. The van der Waals surface area contributed by atoms with Crippen molar-refractivity contribution >= 4 is 23.0 Å². The zero-order valence-corrected chi connectivity index (χ0v) is 15.3. The van der Waals surface area contributed by atoms with E-state index in [1.807, 2.05) is 6.92 Å². The number of carbonyl (C=O) groups is 1. The number of likely N-dealkylation sites (N-methyl/N-ethyl adjacent to an activating group) is 1. The molecule has 8 heteroatoms. The van der Waals surface area contributed by atoms with Crippen LogP contribution in [0, 0.1) is 6.92 Å². The van der Waals surface area contributed by atoms with Crippen LogP contribution < -0.4 is 10.3 Å². The van der Waals surface area contributed by atoms with Crippen molar-refractivity contribution in [3.05, 3.63) is 63.8 Å². The number of rotatable bonds is 6. The molecule has 0 saturated heterocycles. The zero-order valence-electron chi connectivity index (χ0n) is 14.6. The standard InChI is InChI=1S/C18H19ClN4O3/c1-13-11-16-18(25)22(7-8-23(16)20-13)12-17(24)21(2)9-10-26-15-5-3-14(19)4-6-15/h3-8,11H,9-10,12H2,1-2H3. The van der Waals surface area contributed by atoms with Gasteiger partial charge in [0.05, 0.1) is 12.2 Å². The lowest BCUT2D eigenvalue weighted by atomic mass is 10.3. The van der Waals surface area contributed by atoms with E-state index in [9.17, 15) is 9.59 Å². The second-order valence-corrected chi connectivity index (χ2v) is 6.40. The van der Waals surface area contributed by atoms with Crippen LogP contribution in [-0.2, 0) is 11.3 Å². The van der Waals surface area contributed by atoms with Crippen LogP contribution in [0.25, 0.3) is 5.52 Å². The van der Waals surface area contributed by atoms with Gasteiger partial charge in [0.2, 0.25) is 5.91 Å². The van der Waals surface area contributed by atoms with E-state index in [1.54, 1.807) is 49.8 Å². The van der Waals surface area contributed by atoms with Crippen LogP contribution in [0.2, 0.25) is 5.02 Å². The fourth-order valence-corrected chi connectivity index (χ4v) is 2.62. The topological polar surface area (TPSA) is 68.8 Å². The monoisotopic (exact) mass is 374 g/mol. The predicted molar refractivity (Wildman–Crippen MR) is 98.8 cm³/mol. The highest BCUT2D eigenvalue weighted by atomic mass is 35.5. The Morgan fingerprint density at radius 3 is 2.73 bits per heavy atom. The Morgan fingerprint density at radius 2 is 2.00 bits per heavy atom. The molecule has 7 nitrogen and oxygen atoms in total. The van der Waals surface area contributed by atoms with Crippen LogP contribution in [0.1, 0.15) is 5.69 Å². The third-order valence-electron chi connectivity index (χ3n) is 3.97. The summed E-state index contributed by atoms with van der Waals surface area (Å²) >= 11 is 5.82. The normalized spacial score (nSPS) is 10.9. The van der Waals surface area contributed by atoms with Crippen LogP contribution in [0.4, 0.5) is 0 Å². The SMILES string of the molecule is Cc1cc2c(=O)n(CC(=O)N(C)CCOc3ccc(Cl)cc3)ccn2n1. The number of hydrogen-bond acceptors (Lipinski definition) is 4. The Morgan fingerprint density at radius 1 is 1.27 bits per heavy atom. The lowest BCUT2D eigenvalue weighted by Crippen LogP contribution is -2.36. The fraction of sp³-hybridized carbons (Fsp3) is 0.278. The van der Waals surface area contributed by atoms with E-state index in [2.05, 4.69) is 5.10 Å². The first-order valence-electron chi connectivity index (χ1n) is 8.12. The molecule has 0 aliphatic rings. The van der Waals surface area contributed by atoms with Gasteiger partial charge >= 0.3 is 0 Å².